The average molecular weight is 555 g/mol. The number of sulfonamides is 1. The second kappa shape index (κ2) is 10.1. The summed E-state index contributed by atoms with van der Waals surface area (Å²) in [6, 6.07) is 6.90. The first kappa shape index (κ1) is 28.3. The van der Waals surface area contributed by atoms with Crippen LogP contribution >= 0.6 is 0 Å². The summed E-state index contributed by atoms with van der Waals surface area (Å²) in [4.78, 5) is 15.2. The van der Waals surface area contributed by atoms with Gasteiger partial charge in [0, 0.05) is 49.6 Å². The van der Waals surface area contributed by atoms with E-state index in [0.29, 0.717) is 38.5 Å². The van der Waals surface area contributed by atoms with Crippen molar-refractivity contribution >= 4 is 31.5 Å². The molecule has 3 aliphatic rings. The number of fused-ring (bicyclic) bond motifs is 2. The fourth-order valence-corrected chi connectivity index (χ4v) is 9.87. The van der Waals surface area contributed by atoms with E-state index in [1.54, 1.807) is 4.31 Å². The molecule has 0 spiro atoms. The molecule has 4 rings (SSSR count). The maximum absolute atomic E-state index is 13.8. The third-order valence-electron chi connectivity index (χ3n) is 9.41. The number of nitrogens with two attached hydrogens (primary N) is 1. The molecule has 3 N–H and O–H groups in total. The van der Waals surface area contributed by atoms with Crippen molar-refractivity contribution in [3.63, 3.8) is 0 Å². The van der Waals surface area contributed by atoms with E-state index in [9.17, 15) is 21.6 Å². The fraction of sp³-hybridized carbons (Fsp3) is 0.731. The average Bonchev–Trinajstić information content (AvgIpc) is 3.17. The van der Waals surface area contributed by atoms with E-state index in [-0.39, 0.29) is 29.4 Å². The zero-order chi connectivity index (χ0) is 27.2. The predicted molar refractivity (Wildman–Crippen MR) is 147 cm³/mol. The number of amides is 1. The van der Waals surface area contributed by atoms with Crippen LogP contribution in [0.4, 0.5) is 5.69 Å². The van der Waals surface area contributed by atoms with E-state index < -0.39 is 37.2 Å². The largest absolute Gasteiger partial charge is 0.369 e. The van der Waals surface area contributed by atoms with Crippen LogP contribution in [0.25, 0.3) is 0 Å². The summed E-state index contributed by atoms with van der Waals surface area (Å²) in [6.45, 7) is 8.47. The highest BCUT2D eigenvalue weighted by atomic mass is 32.2. The quantitative estimate of drug-likeness (QED) is 0.473. The molecule has 37 heavy (non-hydrogen) atoms. The molecular formula is C26H42N4O5S2. The number of hydrogen-bond acceptors (Lipinski definition) is 7. The molecule has 3 fully saturated rings. The minimum atomic E-state index is -3.57. The molecular weight excluding hydrogens is 512 g/mol. The van der Waals surface area contributed by atoms with E-state index in [1.807, 2.05) is 12.1 Å². The highest BCUT2D eigenvalue weighted by Gasteiger charge is 2.65. The molecule has 1 aliphatic heterocycles. The molecule has 0 radical (unpaired) electrons. The Morgan fingerprint density at radius 1 is 1.14 bits per heavy atom. The van der Waals surface area contributed by atoms with Gasteiger partial charge in [0.05, 0.1) is 17.5 Å². The number of para-hydroxylation sites is 1. The number of nitrogens with zero attached hydrogens (tertiary/aromatic N) is 2. The van der Waals surface area contributed by atoms with Crippen LogP contribution in [0.3, 0.4) is 0 Å². The number of benzene rings is 1. The Hall–Kier alpha value is -1.69. The van der Waals surface area contributed by atoms with Gasteiger partial charge in [-0.3, -0.25) is 4.79 Å². The van der Waals surface area contributed by atoms with Crippen molar-refractivity contribution in [1.29, 1.82) is 0 Å². The Morgan fingerprint density at radius 2 is 1.78 bits per heavy atom. The number of sulfone groups is 1. The summed E-state index contributed by atoms with van der Waals surface area (Å²) < 4.78 is 52.2. The van der Waals surface area contributed by atoms with Gasteiger partial charge in [-0.1, -0.05) is 32.0 Å². The number of carbonyl (C=O) groups excluding carboxylic acids is 1. The number of carbonyl (C=O) groups is 1. The van der Waals surface area contributed by atoms with Crippen molar-refractivity contribution in [3.8, 4) is 0 Å². The molecule has 1 amide bonds. The Kier molecular flexibility index (Phi) is 7.75. The molecule has 0 unspecified atom stereocenters. The predicted octanol–water partition coefficient (Wildman–Crippen LogP) is 1.52. The van der Waals surface area contributed by atoms with E-state index in [4.69, 9.17) is 5.73 Å². The Morgan fingerprint density at radius 3 is 2.38 bits per heavy atom. The lowest BCUT2D eigenvalue weighted by atomic mass is 9.69. The zero-order valence-corrected chi connectivity index (χ0v) is 24.1. The Balaban J connectivity index is 1.46. The fourth-order valence-electron chi connectivity index (χ4n) is 6.92. The summed E-state index contributed by atoms with van der Waals surface area (Å²) in [7, 11) is -6.80. The summed E-state index contributed by atoms with van der Waals surface area (Å²) in [5.41, 5.74) is 7.50. The van der Waals surface area contributed by atoms with E-state index in [2.05, 4.69) is 43.1 Å². The molecule has 2 saturated carbocycles. The molecule has 1 saturated heterocycles. The van der Waals surface area contributed by atoms with E-state index in [1.165, 1.54) is 5.56 Å². The van der Waals surface area contributed by atoms with Crippen LogP contribution in [0.2, 0.25) is 0 Å². The first-order chi connectivity index (χ1) is 17.2. The van der Waals surface area contributed by atoms with E-state index in [0.717, 1.165) is 24.8 Å². The summed E-state index contributed by atoms with van der Waals surface area (Å²) in [6.07, 6.45) is 3.55. The van der Waals surface area contributed by atoms with Gasteiger partial charge in [-0.2, -0.15) is 4.31 Å². The van der Waals surface area contributed by atoms with Crippen molar-refractivity contribution in [2.45, 2.75) is 58.5 Å². The number of piperazine rings is 1. The van der Waals surface area contributed by atoms with Gasteiger partial charge in [0.1, 0.15) is 9.84 Å². The Labute approximate surface area is 222 Å². The normalized spacial score (nSPS) is 28.8. The standard InChI is InChI=1S/C26H42N4O5S2/c1-19-7-5-6-8-22(19)29-12-14-30(15-13-29)37(34,35)18-26-11-9-20(25(26,2)3)17-23(26)28-24(31)21(27)10-16-36(4,32)33/h5-8,20-21,23H,9-18,27H2,1-4H3,(H,28,31)/t20-,21-,23-,26-/m0/s1. The zero-order valence-electron chi connectivity index (χ0n) is 22.4. The van der Waals surface area contributed by atoms with Crippen molar-refractivity contribution in [1.82, 2.24) is 9.62 Å². The van der Waals surface area contributed by atoms with Gasteiger partial charge in [-0.25, -0.2) is 16.8 Å². The van der Waals surface area contributed by atoms with Crippen LogP contribution in [0.1, 0.15) is 45.1 Å². The Bertz CT molecular complexity index is 1230. The van der Waals surface area contributed by atoms with Gasteiger partial charge in [0.25, 0.3) is 0 Å². The highest BCUT2D eigenvalue weighted by Crippen LogP contribution is 2.66. The van der Waals surface area contributed by atoms with Crippen LogP contribution in [0.5, 0.6) is 0 Å². The van der Waals surface area contributed by atoms with Crippen molar-refractivity contribution in [2.75, 3.05) is 48.8 Å². The monoisotopic (exact) mass is 554 g/mol. The molecule has 2 aliphatic carbocycles. The molecule has 11 heteroatoms. The van der Waals surface area contributed by atoms with E-state index >= 15 is 0 Å². The molecule has 208 valence electrons. The lowest BCUT2D eigenvalue weighted by Crippen LogP contribution is -2.57. The molecule has 9 nitrogen and oxygen atoms in total. The topological polar surface area (TPSA) is 130 Å². The molecule has 4 atom stereocenters. The highest BCUT2D eigenvalue weighted by molar-refractivity contribution is 7.90. The second-order valence-electron chi connectivity index (χ2n) is 11.9. The van der Waals surface area contributed by atoms with Gasteiger partial charge in [-0.05, 0) is 55.6 Å². The maximum Gasteiger partial charge on any atom is 0.237 e. The van der Waals surface area contributed by atoms with Crippen LogP contribution in [-0.4, -0.2) is 83.1 Å². The van der Waals surface area contributed by atoms with Crippen LogP contribution in [0, 0.1) is 23.7 Å². The number of anilines is 1. The van der Waals surface area contributed by atoms with Gasteiger partial charge >= 0.3 is 0 Å². The van der Waals surface area contributed by atoms with Crippen molar-refractivity contribution in [3.05, 3.63) is 29.8 Å². The first-order valence-corrected chi connectivity index (χ1v) is 16.9. The van der Waals surface area contributed by atoms with Gasteiger partial charge in [0.15, 0.2) is 0 Å². The van der Waals surface area contributed by atoms with Crippen LogP contribution < -0.4 is 16.0 Å². The molecule has 1 heterocycles. The minimum absolute atomic E-state index is 0.00259. The number of rotatable bonds is 9. The van der Waals surface area contributed by atoms with Crippen molar-refractivity contribution in [2.24, 2.45) is 22.5 Å². The third kappa shape index (κ3) is 5.55. The summed E-state index contributed by atoms with van der Waals surface area (Å²) >= 11 is 0. The van der Waals surface area contributed by atoms with Crippen molar-refractivity contribution < 1.29 is 21.6 Å². The second-order valence-corrected chi connectivity index (χ2v) is 16.1. The smallest absolute Gasteiger partial charge is 0.237 e. The summed E-state index contributed by atoms with van der Waals surface area (Å²) in [5.74, 6) is -0.245. The SMILES string of the molecule is Cc1ccccc1N1CCN(S(=O)(=O)C[C@@]23CC[C@@H](C[C@@H]2NC(=O)[C@@H](N)CCS(C)(=O)=O)C3(C)C)CC1. The molecule has 1 aromatic rings. The number of hydrogen-bond donors (Lipinski definition) is 2. The first-order valence-electron chi connectivity index (χ1n) is 13.2. The number of nitrogens with one attached hydrogen (secondary N) is 1. The van der Waals surface area contributed by atoms with Gasteiger partial charge < -0.3 is 16.0 Å². The van der Waals surface area contributed by atoms with Crippen LogP contribution in [0.15, 0.2) is 24.3 Å². The lowest BCUT2D eigenvalue weighted by molar-refractivity contribution is -0.124. The maximum atomic E-state index is 13.8. The molecule has 1 aromatic carbocycles. The summed E-state index contributed by atoms with van der Waals surface area (Å²) in [5, 5.41) is 3.05. The van der Waals surface area contributed by atoms with Gasteiger partial charge in [0.2, 0.25) is 15.9 Å². The van der Waals surface area contributed by atoms with Gasteiger partial charge in [-0.15, -0.1) is 0 Å². The minimum Gasteiger partial charge on any atom is -0.369 e. The van der Waals surface area contributed by atoms with Crippen LogP contribution in [-0.2, 0) is 24.7 Å². The molecule has 2 bridgehead atoms. The third-order valence-corrected chi connectivity index (χ3v) is 12.4. The molecule has 0 aromatic heterocycles. The lowest BCUT2D eigenvalue weighted by Gasteiger charge is -2.44. The number of aryl methyl sites for hydroxylation is 1.